The topological polar surface area (TPSA) is 42.2 Å². The van der Waals surface area contributed by atoms with Crippen LogP contribution in [-0.4, -0.2) is 17.5 Å². The Morgan fingerprint density at radius 3 is 2.58 bits per heavy atom. The Balaban J connectivity index is 2.36. The monoisotopic (exact) mass is 275 g/mol. The smallest absolute Gasteiger partial charge is 0.147 e. The van der Waals surface area contributed by atoms with Gasteiger partial charge in [-0.3, -0.25) is 0 Å². The van der Waals surface area contributed by atoms with Crippen molar-refractivity contribution in [3.8, 4) is 11.1 Å². The number of rotatable bonds is 6. The average Bonchev–Trinajstić information content (AvgIpc) is 2.83. The predicted molar refractivity (Wildman–Crippen MR) is 84.8 cm³/mol. The Kier molecular flexibility index (Phi) is 4.80. The highest BCUT2D eigenvalue weighted by Gasteiger charge is 2.17. The highest BCUT2D eigenvalue weighted by Crippen LogP contribution is 2.39. The highest BCUT2D eigenvalue weighted by atomic mass is 32.1. The summed E-state index contributed by atoms with van der Waals surface area (Å²) in [6.45, 7) is 6.45. The number of nitrogens with zero attached hydrogens (tertiary/aromatic N) is 2. The van der Waals surface area contributed by atoms with Crippen LogP contribution in [0.5, 0.6) is 0 Å². The Morgan fingerprint density at radius 1 is 1.21 bits per heavy atom. The molecular formula is C15H21N3S. The molecule has 2 rings (SSSR count). The number of aromatic nitrogens is 1. The van der Waals surface area contributed by atoms with Crippen molar-refractivity contribution in [3.05, 3.63) is 30.3 Å². The van der Waals surface area contributed by atoms with E-state index in [1.54, 1.807) is 0 Å². The quantitative estimate of drug-likeness (QED) is 0.865. The summed E-state index contributed by atoms with van der Waals surface area (Å²) in [6.07, 6.45) is 2.39. The number of hydrogen-bond acceptors (Lipinski definition) is 4. The lowest BCUT2D eigenvalue weighted by atomic mass is 10.1. The van der Waals surface area contributed by atoms with Crippen LogP contribution in [0.1, 0.15) is 26.7 Å². The van der Waals surface area contributed by atoms with Gasteiger partial charge in [-0.25, -0.2) is 0 Å². The van der Waals surface area contributed by atoms with Gasteiger partial charge in [0.2, 0.25) is 0 Å². The van der Waals surface area contributed by atoms with Crippen molar-refractivity contribution in [2.24, 2.45) is 0 Å². The lowest BCUT2D eigenvalue weighted by Crippen LogP contribution is -2.23. The Hall–Kier alpha value is -1.55. The van der Waals surface area contributed by atoms with Crippen LogP contribution >= 0.6 is 11.5 Å². The molecule has 3 nitrogen and oxygen atoms in total. The molecule has 102 valence electrons. The van der Waals surface area contributed by atoms with E-state index >= 15 is 0 Å². The molecule has 0 aliphatic heterocycles. The van der Waals surface area contributed by atoms with Crippen LogP contribution in [-0.2, 0) is 0 Å². The summed E-state index contributed by atoms with van der Waals surface area (Å²) < 4.78 is 4.35. The van der Waals surface area contributed by atoms with Gasteiger partial charge in [0.25, 0.3) is 0 Å². The molecule has 0 saturated carbocycles. The molecule has 2 N–H and O–H groups in total. The van der Waals surface area contributed by atoms with Crippen LogP contribution in [0.15, 0.2) is 30.3 Å². The minimum absolute atomic E-state index is 0.640. The SMILES string of the molecule is CCCCN(CC)c1snc(N)c1-c1ccccc1. The third-order valence-electron chi connectivity index (χ3n) is 3.21. The second-order valence-corrected chi connectivity index (χ2v) is 5.30. The van der Waals surface area contributed by atoms with Crippen LogP contribution in [0.3, 0.4) is 0 Å². The largest absolute Gasteiger partial charge is 0.382 e. The fourth-order valence-electron chi connectivity index (χ4n) is 2.14. The maximum Gasteiger partial charge on any atom is 0.147 e. The van der Waals surface area contributed by atoms with Crippen molar-refractivity contribution in [2.45, 2.75) is 26.7 Å². The predicted octanol–water partition coefficient (Wildman–Crippen LogP) is 4.02. The van der Waals surface area contributed by atoms with E-state index in [9.17, 15) is 0 Å². The third-order valence-corrected chi connectivity index (χ3v) is 4.14. The minimum atomic E-state index is 0.640. The molecule has 19 heavy (non-hydrogen) atoms. The molecule has 1 aromatic heterocycles. The van der Waals surface area contributed by atoms with E-state index in [1.165, 1.54) is 29.4 Å². The van der Waals surface area contributed by atoms with E-state index in [1.807, 2.05) is 18.2 Å². The number of unbranched alkanes of at least 4 members (excludes halogenated alkanes) is 1. The first-order chi connectivity index (χ1) is 9.27. The maximum atomic E-state index is 6.07. The van der Waals surface area contributed by atoms with Crippen molar-refractivity contribution in [3.63, 3.8) is 0 Å². The maximum absolute atomic E-state index is 6.07. The molecular weight excluding hydrogens is 254 g/mol. The normalized spacial score (nSPS) is 10.6. The van der Waals surface area contributed by atoms with Crippen LogP contribution in [0.25, 0.3) is 11.1 Å². The Bertz CT molecular complexity index is 507. The van der Waals surface area contributed by atoms with Crippen LogP contribution in [0.2, 0.25) is 0 Å². The van der Waals surface area contributed by atoms with Gasteiger partial charge in [0, 0.05) is 13.1 Å². The summed E-state index contributed by atoms with van der Waals surface area (Å²) in [7, 11) is 0. The molecule has 0 saturated heterocycles. The van der Waals surface area contributed by atoms with E-state index < -0.39 is 0 Å². The van der Waals surface area contributed by atoms with Crippen molar-refractivity contribution in [1.29, 1.82) is 0 Å². The zero-order valence-electron chi connectivity index (χ0n) is 11.6. The second kappa shape index (κ2) is 6.57. The summed E-state index contributed by atoms with van der Waals surface area (Å²) in [4.78, 5) is 2.37. The van der Waals surface area contributed by atoms with Gasteiger partial charge in [-0.15, -0.1) is 0 Å². The summed E-state index contributed by atoms with van der Waals surface area (Å²) in [5.41, 5.74) is 8.31. The van der Waals surface area contributed by atoms with Gasteiger partial charge in [0.1, 0.15) is 10.8 Å². The fraction of sp³-hybridized carbons (Fsp3) is 0.400. The number of nitrogen functional groups attached to an aromatic ring is 1. The molecule has 1 aromatic carbocycles. The van der Waals surface area contributed by atoms with Crippen molar-refractivity contribution in [1.82, 2.24) is 4.37 Å². The number of nitrogens with two attached hydrogens (primary N) is 1. The number of benzene rings is 1. The van der Waals surface area contributed by atoms with E-state index in [0.717, 1.165) is 24.2 Å². The van der Waals surface area contributed by atoms with E-state index in [4.69, 9.17) is 5.73 Å². The minimum Gasteiger partial charge on any atom is -0.382 e. The van der Waals surface area contributed by atoms with E-state index in [-0.39, 0.29) is 0 Å². The fourth-order valence-corrected chi connectivity index (χ4v) is 3.06. The van der Waals surface area contributed by atoms with E-state index in [2.05, 4.69) is 35.3 Å². The molecule has 0 bridgehead atoms. The Labute approximate surface area is 119 Å². The van der Waals surface area contributed by atoms with Crippen LogP contribution in [0, 0.1) is 0 Å². The first kappa shape index (κ1) is 13.9. The van der Waals surface area contributed by atoms with Crippen molar-refractivity contribution in [2.75, 3.05) is 23.7 Å². The Morgan fingerprint density at radius 2 is 1.95 bits per heavy atom. The zero-order chi connectivity index (χ0) is 13.7. The van der Waals surface area contributed by atoms with Gasteiger partial charge in [-0.1, -0.05) is 43.7 Å². The molecule has 0 spiro atoms. The summed E-state index contributed by atoms with van der Waals surface area (Å²) in [6, 6.07) is 10.3. The average molecular weight is 275 g/mol. The van der Waals surface area contributed by atoms with Gasteiger partial charge in [-0.05, 0) is 30.4 Å². The van der Waals surface area contributed by atoms with Gasteiger partial charge >= 0.3 is 0 Å². The zero-order valence-corrected chi connectivity index (χ0v) is 12.4. The number of hydrogen-bond donors (Lipinski definition) is 1. The van der Waals surface area contributed by atoms with Crippen LogP contribution < -0.4 is 10.6 Å². The molecule has 1 heterocycles. The van der Waals surface area contributed by atoms with Crippen molar-refractivity contribution < 1.29 is 0 Å². The molecule has 0 amide bonds. The molecule has 2 aromatic rings. The van der Waals surface area contributed by atoms with Gasteiger partial charge < -0.3 is 10.6 Å². The third kappa shape index (κ3) is 3.07. The van der Waals surface area contributed by atoms with E-state index in [0.29, 0.717) is 5.82 Å². The van der Waals surface area contributed by atoms with Gasteiger partial charge in [0.15, 0.2) is 0 Å². The standard InChI is InChI=1S/C15H21N3S/c1-3-5-11-18(4-2)15-13(14(16)17-19-15)12-9-7-6-8-10-12/h6-10H,3-5,11H2,1-2H3,(H2,16,17). The summed E-state index contributed by atoms with van der Waals surface area (Å²) >= 11 is 1.51. The molecule has 0 radical (unpaired) electrons. The van der Waals surface area contributed by atoms with Crippen molar-refractivity contribution >= 4 is 22.4 Å². The molecule has 0 unspecified atom stereocenters. The molecule has 0 atom stereocenters. The van der Waals surface area contributed by atoms with Gasteiger partial charge in [-0.2, -0.15) is 4.37 Å². The van der Waals surface area contributed by atoms with Crippen LogP contribution in [0.4, 0.5) is 10.8 Å². The lowest BCUT2D eigenvalue weighted by Gasteiger charge is -2.22. The second-order valence-electron chi connectivity index (χ2n) is 4.55. The molecule has 4 heteroatoms. The molecule has 0 fully saturated rings. The highest BCUT2D eigenvalue weighted by molar-refractivity contribution is 7.11. The lowest BCUT2D eigenvalue weighted by molar-refractivity contribution is 0.737. The van der Waals surface area contributed by atoms with Gasteiger partial charge in [0.05, 0.1) is 5.56 Å². The molecule has 0 aliphatic carbocycles. The number of anilines is 2. The summed E-state index contributed by atoms with van der Waals surface area (Å²) in [5.74, 6) is 0.640. The first-order valence-electron chi connectivity index (χ1n) is 6.83. The first-order valence-corrected chi connectivity index (χ1v) is 7.60. The summed E-state index contributed by atoms with van der Waals surface area (Å²) in [5, 5.41) is 1.19. The molecule has 0 aliphatic rings.